The van der Waals surface area contributed by atoms with Gasteiger partial charge in [0.05, 0.1) is 0 Å². The third-order valence-electron chi connectivity index (χ3n) is 0.900. The summed E-state index contributed by atoms with van der Waals surface area (Å²) in [5.74, 6) is 0.230. The molecule has 0 heterocycles. The molecule has 0 unspecified atom stereocenters. The van der Waals surface area contributed by atoms with Gasteiger partial charge in [0.1, 0.15) is 0 Å². The van der Waals surface area contributed by atoms with Crippen LogP contribution in [0, 0.1) is 5.92 Å². The summed E-state index contributed by atoms with van der Waals surface area (Å²) >= 11 is 2.83. The van der Waals surface area contributed by atoms with Crippen LogP contribution in [0.2, 0.25) is 0 Å². The lowest BCUT2D eigenvalue weighted by molar-refractivity contribution is 0.497. The van der Waals surface area contributed by atoms with Crippen LogP contribution in [-0.2, 0) is 0 Å². The Morgan fingerprint density at radius 3 is 1.90 bits per heavy atom. The molecule has 0 fully saturated rings. The van der Waals surface area contributed by atoms with E-state index in [1.165, 1.54) is 0 Å². The molecule has 0 saturated carbocycles. The van der Waals surface area contributed by atoms with Gasteiger partial charge in [0.2, 0.25) is 0 Å². The average molecular weight is 216 g/mol. The maximum absolute atomic E-state index is 11.6. The SMILES string of the molecule is CC(C)/C(Br)=C/[B-](F)(F)F. The van der Waals surface area contributed by atoms with Crippen LogP contribution in [0.5, 0.6) is 0 Å². The van der Waals surface area contributed by atoms with Crippen molar-refractivity contribution in [3.8, 4) is 0 Å². The van der Waals surface area contributed by atoms with Crippen molar-refractivity contribution in [2.75, 3.05) is 0 Å². The molecule has 0 aliphatic rings. The van der Waals surface area contributed by atoms with Crippen molar-refractivity contribution in [2.45, 2.75) is 13.8 Å². The number of allylic oxidation sites excluding steroid dienone is 1. The van der Waals surface area contributed by atoms with E-state index < -0.39 is 6.98 Å². The van der Waals surface area contributed by atoms with Crippen molar-refractivity contribution in [3.05, 3.63) is 10.5 Å². The molecule has 0 amide bonds. The Morgan fingerprint density at radius 1 is 1.40 bits per heavy atom. The van der Waals surface area contributed by atoms with Crippen LogP contribution in [-0.4, -0.2) is 6.98 Å². The second-order valence-electron chi connectivity index (χ2n) is 2.33. The highest BCUT2D eigenvalue weighted by molar-refractivity contribution is 9.11. The van der Waals surface area contributed by atoms with Crippen LogP contribution in [0.3, 0.4) is 0 Å². The first-order chi connectivity index (χ1) is 4.33. The summed E-state index contributed by atoms with van der Waals surface area (Å²) < 4.78 is 35.1. The molecule has 60 valence electrons. The quantitative estimate of drug-likeness (QED) is 0.621. The normalized spacial score (nSPS) is 14.5. The van der Waals surface area contributed by atoms with Crippen LogP contribution in [0.1, 0.15) is 13.8 Å². The highest BCUT2D eigenvalue weighted by Gasteiger charge is 2.19. The lowest BCUT2D eigenvalue weighted by atomic mass is 9.90. The van der Waals surface area contributed by atoms with Crippen molar-refractivity contribution >= 4 is 22.9 Å². The van der Waals surface area contributed by atoms with E-state index in [0.717, 1.165) is 0 Å². The van der Waals surface area contributed by atoms with Gasteiger partial charge >= 0.3 is 6.98 Å². The number of hydrogen-bond donors (Lipinski definition) is 0. The van der Waals surface area contributed by atoms with Crippen LogP contribution < -0.4 is 0 Å². The third kappa shape index (κ3) is 4.91. The lowest BCUT2D eigenvalue weighted by Crippen LogP contribution is -2.11. The molecular formula is C5H8BBrF3-. The van der Waals surface area contributed by atoms with E-state index in [0.29, 0.717) is 5.98 Å². The zero-order valence-electron chi connectivity index (χ0n) is 5.74. The summed E-state index contributed by atoms with van der Waals surface area (Å²) in [4.78, 5) is 0. The maximum Gasteiger partial charge on any atom is 0.503 e. The first-order valence-corrected chi connectivity index (χ1v) is 3.70. The van der Waals surface area contributed by atoms with E-state index >= 15 is 0 Å². The first-order valence-electron chi connectivity index (χ1n) is 2.91. The van der Waals surface area contributed by atoms with Crippen molar-refractivity contribution in [1.29, 1.82) is 0 Å². The van der Waals surface area contributed by atoms with Crippen LogP contribution >= 0.6 is 15.9 Å². The molecule has 0 spiro atoms. The largest absolute Gasteiger partial charge is 0.503 e. The third-order valence-corrected chi connectivity index (χ3v) is 2.08. The second-order valence-corrected chi connectivity index (χ2v) is 3.25. The Morgan fingerprint density at radius 2 is 1.80 bits per heavy atom. The van der Waals surface area contributed by atoms with Crippen molar-refractivity contribution in [3.63, 3.8) is 0 Å². The predicted molar refractivity (Wildman–Crippen MR) is 40.9 cm³/mol. The molecule has 0 aliphatic carbocycles. The Labute approximate surface area is 66.7 Å². The Balaban J connectivity index is 4.17. The fraction of sp³-hybridized carbons (Fsp3) is 0.600. The molecule has 0 saturated heterocycles. The molecule has 0 atom stereocenters. The Hall–Kier alpha value is 0.0749. The highest BCUT2D eigenvalue weighted by atomic mass is 79.9. The van der Waals surface area contributed by atoms with Gasteiger partial charge in [-0.15, -0.1) is 5.98 Å². The van der Waals surface area contributed by atoms with Gasteiger partial charge in [0.15, 0.2) is 0 Å². The molecule has 10 heavy (non-hydrogen) atoms. The smallest absolute Gasteiger partial charge is 0.445 e. The van der Waals surface area contributed by atoms with E-state index in [4.69, 9.17) is 0 Å². The minimum atomic E-state index is -4.78. The Bertz CT molecular complexity index is 138. The summed E-state index contributed by atoms with van der Waals surface area (Å²) in [6, 6.07) is 0. The monoisotopic (exact) mass is 215 g/mol. The second kappa shape index (κ2) is 3.46. The molecule has 0 bridgehead atoms. The summed E-state index contributed by atoms with van der Waals surface area (Å²) in [7, 11) is 0. The minimum absolute atomic E-state index is 0.0940. The zero-order chi connectivity index (χ0) is 8.36. The molecule has 0 N–H and O–H groups in total. The van der Waals surface area contributed by atoms with E-state index in [2.05, 4.69) is 15.9 Å². The predicted octanol–water partition coefficient (Wildman–Crippen LogP) is 3.31. The van der Waals surface area contributed by atoms with Crippen molar-refractivity contribution in [1.82, 2.24) is 0 Å². The van der Waals surface area contributed by atoms with Crippen LogP contribution in [0.15, 0.2) is 10.5 Å². The van der Waals surface area contributed by atoms with Gasteiger partial charge in [-0.1, -0.05) is 29.8 Å². The van der Waals surface area contributed by atoms with Gasteiger partial charge in [-0.3, -0.25) is 0 Å². The van der Waals surface area contributed by atoms with Gasteiger partial charge in [-0.25, -0.2) is 0 Å². The van der Waals surface area contributed by atoms with Crippen LogP contribution in [0.4, 0.5) is 12.9 Å². The number of hydrogen-bond acceptors (Lipinski definition) is 0. The fourth-order valence-corrected chi connectivity index (χ4v) is 0.673. The summed E-state index contributed by atoms with van der Waals surface area (Å²) in [5, 5.41) is 0. The van der Waals surface area contributed by atoms with Gasteiger partial charge in [0.25, 0.3) is 0 Å². The Kier molecular flexibility index (Phi) is 3.49. The topological polar surface area (TPSA) is 0 Å². The summed E-state index contributed by atoms with van der Waals surface area (Å²) in [5.41, 5.74) is 0. The summed E-state index contributed by atoms with van der Waals surface area (Å²) in [6.45, 7) is -1.39. The van der Waals surface area contributed by atoms with Gasteiger partial charge in [-0.05, 0) is 10.4 Å². The molecule has 0 radical (unpaired) electrons. The average Bonchev–Trinajstić information content (AvgIpc) is 1.60. The standard InChI is InChI=1S/C5H8BBrF3/c1-4(2)5(7)3-6(8,9)10/h3-4H,1-2H3/q-1/b5-3-. The van der Waals surface area contributed by atoms with E-state index in [1.807, 2.05) is 0 Å². The molecule has 0 nitrogen and oxygen atoms in total. The van der Waals surface area contributed by atoms with Crippen molar-refractivity contribution < 1.29 is 12.9 Å². The minimum Gasteiger partial charge on any atom is -0.445 e. The first kappa shape index (κ1) is 10.1. The maximum atomic E-state index is 11.6. The zero-order valence-corrected chi connectivity index (χ0v) is 7.33. The summed E-state index contributed by atoms with van der Waals surface area (Å²) in [6.07, 6.45) is 0. The fourth-order valence-electron chi connectivity index (χ4n) is 0.373. The van der Waals surface area contributed by atoms with E-state index in [1.54, 1.807) is 13.8 Å². The number of halogens is 4. The van der Waals surface area contributed by atoms with Gasteiger partial charge in [0, 0.05) is 0 Å². The van der Waals surface area contributed by atoms with Gasteiger partial charge in [-0.2, -0.15) is 0 Å². The lowest BCUT2D eigenvalue weighted by Gasteiger charge is -2.11. The van der Waals surface area contributed by atoms with Crippen molar-refractivity contribution in [2.24, 2.45) is 5.92 Å². The van der Waals surface area contributed by atoms with E-state index in [-0.39, 0.29) is 10.4 Å². The number of rotatable bonds is 2. The van der Waals surface area contributed by atoms with E-state index in [9.17, 15) is 12.9 Å². The molecule has 0 rings (SSSR count). The molecule has 5 heteroatoms. The molecule has 0 aromatic carbocycles. The molecule has 0 aromatic heterocycles. The molecular weight excluding hydrogens is 208 g/mol. The van der Waals surface area contributed by atoms with Crippen LogP contribution in [0.25, 0.3) is 0 Å². The van der Waals surface area contributed by atoms with Gasteiger partial charge < -0.3 is 12.9 Å². The molecule has 0 aromatic rings. The molecule has 0 aliphatic heterocycles. The highest BCUT2D eigenvalue weighted by Crippen LogP contribution is 2.22.